The number of nitrogens with two attached hydrogens (primary N) is 1. The Labute approximate surface area is 117 Å². The van der Waals surface area contributed by atoms with Crippen molar-refractivity contribution in [3.8, 4) is 5.82 Å². The van der Waals surface area contributed by atoms with Crippen molar-refractivity contribution in [1.29, 1.82) is 0 Å². The summed E-state index contributed by atoms with van der Waals surface area (Å²) in [5.41, 5.74) is 5.71. The van der Waals surface area contributed by atoms with Crippen LogP contribution in [0.15, 0.2) is 36.7 Å². The summed E-state index contributed by atoms with van der Waals surface area (Å²) in [4.78, 5) is 15.9. The molecule has 2 aromatic rings. The molecule has 0 atom stereocenters. The first-order valence-electron chi connectivity index (χ1n) is 6.25. The van der Waals surface area contributed by atoms with Crippen LogP contribution in [0.5, 0.6) is 0 Å². The third kappa shape index (κ3) is 3.50. The molecule has 0 aromatic carbocycles. The van der Waals surface area contributed by atoms with E-state index in [0.717, 1.165) is 0 Å². The lowest BCUT2D eigenvalue weighted by molar-refractivity contribution is 0.0636. The third-order valence-electron chi connectivity index (χ3n) is 2.41. The highest BCUT2D eigenvalue weighted by atomic mass is 16.6. The van der Waals surface area contributed by atoms with Crippen LogP contribution in [0.4, 0.5) is 16.3 Å². The summed E-state index contributed by atoms with van der Waals surface area (Å²) >= 11 is 0. The van der Waals surface area contributed by atoms with Crippen LogP contribution in [0.25, 0.3) is 5.82 Å². The number of hydrogen-bond donors (Lipinski definition) is 2. The molecule has 0 bridgehead atoms. The number of rotatable bonds is 2. The van der Waals surface area contributed by atoms with Crippen LogP contribution in [0.2, 0.25) is 0 Å². The van der Waals surface area contributed by atoms with Gasteiger partial charge in [-0.05, 0) is 45.0 Å². The van der Waals surface area contributed by atoms with Crippen LogP contribution in [0.1, 0.15) is 20.8 Å². The van der Waals surface area contributed by atoms with E-state index in [2.05, 4.69) is 10.3 Å². The molecular weight excluding hydrogens is 256 g/mol. The minimum absolute atomic E-state index is 0.238. The molecule has 0 radical (unpaired) electrons. The Kier molecular flexibility index (Phi) is 3.65. The molecule has 0 saturated carbocycles. The van der Waals surface area contributed by atoms with Crippen LogP contribution >= 0.6 is 0 Å². The number of pyridine rings is 1. The van der Waals surface area contributed by atoms with Gasteiger partial charge in [0.25, 0.3) is 0 Å². The SMILES string of the molecule is CC(C)(C)OC(=O)Nc1ccc(-n2cccc2)nc1N. The number of anilines is 2. The van der Waals surface area contributed by atoms with Crippen LogP contribution in [-0.2, 0) is 4.74 Å². The minimum atomic E-state index is -0.558. The molecule has 0 fully saturated rings. The van der Waals surface area contributed by atoms with Crippen molar-refractivity contribution in [2.45, 2.75) is 26.4 Å². The van der Waals surface area contributed by atoms with E-state index in [-0.39, 0.29) is 5.82 Å². The summed E-state index contributed by atoms with van der Waals surface area (Å²) in [5, 5.41) is 2.58. The highest BCUT2D eigenvalue weighted by Crippen LogP contribution is 2.19. The molecule has 0 aliphatic carbocycles. The molecule has 2 aromatic heterocycles. The fraction of sp³-hybridized carbons (Fsp3) is 0.286. The van der Waals surface area contributed by atoms with E-state index in [4.69, 9.17) is 10.5 Å². The first kappa shape index (κ1) is 13.9. The molecule has 2 heterocycles. The topological polar surface area (TPSA) is 82.2 Å². The second-order valence-electron chi connectivity index (χ2n) is 5.32. The Morgan fingerprint density at radius 3 is 2.50 bits per heavy atom. The Balaban J connectivity index is 2.13. The maximum atomic E-state index is 11.7. The zero-order valence-electron chi connectivity index (χ0n) is 11.8. The van der Waals surface area contributed by atoms with Gasteiger partial charge in [-0.2, -0.15) is 0 Å². The molecule has 6 nitrogen and oxygen atoms in total. The lowest BCUT2D eigenvalue weighted by Crippen LogP contribution is -2.27. The molecule has 0 aliphatic heterocycles. The van der Waals surface area contributed by atoms with Crippen molar-refractivity contribution in [1.82, 2.24) is 9.55 Å². The molecule has 20 heavy (non-hydrogen) atoms. The van der Waals surface area contributed by atoms with Crippen LogP contribution in [-0.4, -0.2) is 21.2 Å². The number of nitrogens with zero attached hydrogens (tertiary/aromatic N) is 2. The van der Waals surface area contributed by atoms with Gasteiger partial charge in [0.05, 0.1) is 5.69 Å². The number of aromatic nitrogens is 2. The zero-order chi connectivity index (χ0) is 14.8. The summed E-state index contributed by atoms with van der Waals surface area (Å²) in [6.07, 6.45) is 3.17. The van der Waals surface area contributed by atoms with Crippen molar-refractivity contribution in [2.75, 3.05) is 11.1 Å². The molecule has 0 unspecified atom stereocenters. The number of nitrogen functional groups attached to an aromatic ring is 1. The van der Waals surface area contributed by atoms with Gasteiger partial charge in [-0.3, -0.25) is 5.32 Å². The van der Waals surface area contributed by atoms with Crippen molar-refractivity contribution >= 4 is 17.6 Å². The highest BCUT2D eigenvalue weighted by Gasteiger charge is 2.17. The van der Waals surface area contributed by atoms with E-state index in [0.29, 0.717) is 11.5 Å². The lowest BCUT2D eigenvalue weighted by Gasteiger charge is -2.20. The summed E-state index contributed by atoms with van der Waals surface area (Å²) in [6.45, 7) is 5.38. The van der Waals surface area contributed by atoms with Crippen LogP contribution < -0.4 is 11.1 Å². The van der Waals surface area contributed by atoms with E-state index < -0.39 is 11.7 Å². The van der Waals surface area contributed by atoms with Crippen molar-refractivity contribution in [2.24, 2.45) is 0 Å². The van der Waals surface area contributed by atoms with Crippen LogP contribution in [0.3, 0.4) is 0 Å². The van der Waals surface area contributed by atoms with Gasteiger partial charge in [0.2, 0.25) is 0 Å². The molecule has 106 valence electrons. The van der Waals surface area contributed by atoms with E-state index in [1.807, 2.05) is 29.1 Å². The standard InChI is InChI=1S/C14H18N4O2/c1-14(2,3)20-13(19)16-10-6-7-11(17-12(10)15)18-8-4-5-9-18/h4-9H,1-3H3,(H2,15,17)(H,16,19). The first-order chi connectivity index (χ1) is 9.35. The van der Waals surface area contributed by atoms with Gasteiger partial charge in [-0.15, -0.1) is 0 Å². The van der Waals surface area contributed by atoms with Gasteiger partial charge in [-0.1, -0.05) is 0 Å². The maximum Gasteiger partial charge on any atom is 0.412 e. The summed E-state index contributed by atoms with van der Waals surface area (Å²) in [5.74, 6) is 0.921. The monoisotopic (exact) mass is 274 g/mol. The Morgan fingerprint density at radius 2 is 1.95 bits per heavy atom. The molecule has 2 rings (SSSR count). The average molecular weight is 274 g/mol. The zero-order valence-corrected chi connectivity index (χ0v) is 11.8. The second-order valence-corrected chi connectivity index (χ2v) is 5.32. The predicted octanol–water partition coefficient (Wildman–Crippen LogP) is 2.80. The van der Waals surface area contributed by atoms with Gasteiger partial charge in [0.1, 0.15) is 17.2 Å². The van der Waals surface area contributed by atoms with E-state index in [9.17, 15) is 4.79 Å². The molecule has 6 heteroatoms. The van der Waals surface area contributed by atoms with Gasteiger partial charge in [-0.25, -0.2) is 9.78 Å². The minimum Gasteiger partial charge on any atom is -0.444 e. The molecular formula is C14H18N4O2. The normalized spacial score (nSPS) is 11.2. The lowest BCUT2D eigenvalue weighted by atomic mass is 10.2. The fourth-order valence-corrected chi connectivity index (χ4v) is 1.61. The van der Waals surface area contributed by atoms with Crippen molar-refractivity contribution < 1.29 is 9.53 Å². The molecule has 0 aliphatic rings. The third-order valence-corrected chi connectivity index (χ3v) is 2.41. The Bertz CT molecular complexity index is 600. The fourth-order valence-electron chi connectivity index (χ4n) is 1.61. The smallest absolute Gasteiger partial charge is 0.412 e. The van der Waals surface area contributed by atoms with Gasteiger partial charge in [0.15, 0.2) is 0 Å². The summed E-state index contributed by atoms with van der Waals surface area (Å²) in [7, 11) is 0. The number of carbonyl (C=O) groups excluding carboxylic acids is 1. The van der Waals surface area contributed by atoms with Gasteiger partial charge < -0.3 is 15.0 Å². The molecule has 0 spiro atoms. The average Bonchev–Trinajstić information content (AvgIpc) is 2.82. The molecule has 3 N–H and O–H groups in total. The van der Waals surface area contributed by atoms with Gasteiger partial charge in [0, 0.05) is 12.4 Å². The summed E-state index contributed by atoms with van der Waals surface area (Å²) < 4.78 is 6.99. The largest absolute Gasteiger partial charge is 0.444 e. The Morgan fingerprint density at radius 1 is 1.30 bits per heavy atom. The number of nitrogens with one attached hydrogen (secondary N) is 1. The molecule has 0 saturated heterocycles. The second kappa shape index (κ2) is 5.24. The summed E-state index contributed by atoms with van der Waals surface area (Å²) in [6, 6.07) is 7.25. The molecule has 1 amide bonds. The van der Waals surface area contributed by atoms with E-state index >= 15 is 0 Å². The predicted molar refractivity (Wildman–Crippen MR) is 77.8 cm³/mol. The number of ether oxygens (including phenoxy) is 1. The van der Waals surface area contributed by atoms with Crippen molar-refractivity contribution in [3.63, 3.8) is 0 Å². The van der Waals surface area contributed by atoms with E-state index in [1.165, 1.54) is 0 Å². The number of amides is 1. The van der Waals surface area contributed by atoms with Crippen LogP contribution in [0, 0.1) is 0 Å². The van der Waals surface area contributed by atoms with Crippen molar-refractivity contribution in [3.05, 3.63) is 36.7 Å². The number of hydrogen-bond acceptors (Lipinski definition) is 4. The maximum absolute atomic E-state index is 11.7. The first-order valence-corrected chi connectivity index (χ1v) is 6.25. The Hall–Kier alpha value is -2.50. The quantitative estimate of drug-likeness (QED) is 0.882. The van der Waals surface area contributed by atoms with E-state index in [1.54, 1.807) is 32.9 Å². The van der Waals surface area contributed by atoms with Gasteiger partial charge >= 0.3 is 6.09 Å². The number of carbonyl (C=O) groups is 1. The highest BCUT2D eigenvalue weighted by molar-refractivity contribution is 5.88.